The third kappa shape index (κ3) is 7.59. The Labute approximate surface area is 169 Å². The Bertz CT molecular complexity index is 613. The number of carbonyl (C=O) groups is 5. The van der Waals surface area contributed by atoms with Gasteiger partial charge in [-0.1, -0.05) is 13.3 Å². The molecule has 0 aromatic carbocycles. The fourth-order valence-corrected chi connectivity index (χ4v) is 3.94. The molecule has 1 fully saturated rings. The topological polar surface area (TPSA) is 153 Å². The lowest BCUT2D eigenvalue weighted by Gasteiger charge is -2.19. The number of nitrogens with one attached hydrogen (secondary N) is 1. The van der Waals surface area contributed by atoms with E-state index in [9.17, 15) is 24.0 Å². The van der Waals surface area contributed by atoms with E-state index in [0.29, 0.717) is 13.0 Å². The van der Waals surface area contributed by atoms with Gasteiger partial charge in [0, 0.05) is 31.1 Å². The molecule has 10 heteroatoms. The first-order valence-electron chi connectivity index (χ1n) is 9.42. The quantitative estimate of drug-likeness (QED) is 0.273. The summed E-state index contributed by atoms with van der Waals surface area (Å²) >= 11 is 1.12. The van der Waals surface area contributed by atoms with Crippen molar-refractivity contribution in [3.8, 4) is 0 Å². The van der Waals surface area contributed by atoms with Gasteiger partial charge >= 0.3 is 0 Å². The van der Waals surface area contributed by atoms with E-state index in [-0.39, 0.29) is 54.6 Å². The van der Waals surface area contributed by atoms with Crippen molar-refractivity contribution in [3.05, 3.63) is 0 Å². The van der Waals surface area contributed by atoms with E-state index in [1.807, 2.05) is 0 Å². The number of unbranched alkanes of at least 4 members (excludes halogenated alkanes) is 1. The average Bonchev–Trinajstić information content (AvgIpc) is 2.89. The number of Topliss-reactive ketones (excluding diaryl/α,β-unsaturated/α-hetero) is 1. The zero-order valence-corrected chi connectivity index (χ0v) is 17.3. The SMILES string of the molecule is CC(=O)CCN1C(=O)CC(SCC(NC(=O)C(C)CCCCN)C(N)=O)C1=O. The lowest BCUT2D eigenvalue weighted by atomic mass is 10.0. The van der Waals surface area contributed by atoms with Gasteiger partial charge in [-0.05, 0) is 26.3 Å². The summed E-state index contributed by atoms with van der Waals surface area (Å²) in [5.74, 6) is -1.97. The zero-order chi connectivity index (χ0) is 21.3. The number of nitrogens with zero attached hydrogens (tertiary/aromatic N) is 1. The first-order valence-corrected chi connectivity index (χ1v) is 10.5. The summed E-state index contributed by atoms with van der Waals surface area (Å²) in [7, 11) is 0. The van der Waals surface area contributed by atoms with Crippen molar-refractivity contribution in [1.82, 2.24) is 10.2 Å². The number of likely N-dealkylation sites (tertiary alicyclic amines) is 1. The summed E-state index contributed by atoms with van der Waals surface area (Å²) in [5.41, 5.74) is 10.8. The number of primary amides is 1. The molecule has 0 aromatic rings. The summed E-state index contributed by atoms with van der Waals surface area (Å²) in [6, 6.07) is -0.927. The van der Waals surface area contributed by atoms with Crippen LogP contribution in [0, 0.1) is 5.92 Å². The molecule has 0 radical (unpaired) electrons. The van der Waals surface area contributed by atoms with E-state index in [0.717, 1.165) is 29.5 Å². The van der Waals surface area contributed by atoms with Gasteiger partial charge in [-0.3, -0.25) is 28.9 Å². The van der Waals surface area contributed by atoms with E-state index < -0.39 is 17.2 Å². The van der Waals surface area contributed by atoms with Crippen molar-refractivity contribution >= 4 is 41.2 Å². The summed E-state index contributed by atoms with van der Waals surface area (Å²) in [6.45, 7) is 3.80. The van der Waals surface area contributed by atoms with Crippen molar-refractivity contribution in [1.29, 1.82) is 0 Å². The highest BCUT2D eigenvalue weighted by Crippen LogP contribution is 2.26. The number of hydrogen-bond donors (Lipinski definition) is 3. The van der Waals surface area contributed by atoms with Gasteiger partial charge in [-0.25, -0.2) is 0 Å². The second-order valence-corrected chi connectivity index (χ2v) is 8.25. The standard InChI is InChI=1S/C18H30N4O5S/c1-11(5-3-4-7-19)17(26)21-13(16(20)25)10-28-14-9-15(24)22(18(14)27)8-6-12(2)23/h11,13-14H,3-10,19H2,1-2H3,(H2,20,25)(H,21,26). The first kappa shape index (κ1) is 24.1. The molecule has 1 aliphatic heterocycles. The zero-order valence-electron chi connectivity index (χ0n) is 16.4. The van der Waals surface area contributed by atoms with Gasteiger partial charge in [0.25, 0.3) is 0 Å². The molecule has 28 heavy (non-hydrogen) atoms. The highest BCUT2D eigenvalue weighted by molar-refractivity contribution is 8.00. The maximum atomic E-state index is 12.3. The molecule has 158 valence electrons. The molecular weight excluding hydrogens is 384 g/mol. The van der Waals surface area contributed by atoms with Crippen LogP contribution < -0.4 is 16.8 Å². The van der Waals surface area contributed by atoms with Crippen molar-refractivity contribution in [2.45, 2.75) is 57.2 Å². The number of amides is 4. The smallest absolute Gasteiger partial charge is 0.242 e. The van der Waals surface area contributed by atoms with Crippen LogP contribution in [0.4, 0.5) is 0 Å². The molecule has 0 saturated carbocycles. The molecule has 0 aliphatic carbocycles. The van der Waals surface area contributed by atoms with Crippen LogP contribution in [0.2, 0.25) is 0 Å². The summed E-state index contributed by atoms with van der Waals surface area (Å²) in [5, 5.41) is 1.99. The van der Waals surface area contributed by atoms with Gasteiger partial charge in [0.2, 0.25) is 23.6 Å². The fraction of sp³-hybridized carbons (Fsp3) is 0.722. The number of rotatable bonds is 13. The van der Waals surface area contributed by atoms with Crippen molar-refractivity contribution in [2.75, 3.05) is 18.8 Å². The molecule has 1 aliphatic rings. The van der Waals surface area contributed by atoms with Crippen LogP contribution in [0.25, 0.3) is 0 Å². The lowest BCUT2D eigenvalue weighted by molar-refractivity contribution is -0.138. The van der Waals surface area contributed by atoms with E-state index >= 15 is 0 Å². The van der Waals surface area contributed by atoms with Crippen LogP contribution in [-0.2, 0) is 24.0 Å². The molecule has 3 unspecified atom stereocenters. The Kier molecular flexibility index (Phi) is 10.2. The number of nitrogens with two attached hydrogens (primary N) is 2. The Morgan fingerprint density at radius 3 is 2.54 bits per heavy atom. The molecule has 0 bridgehead atoms. The van der Waals surface area contributed by atoms with Gasteiger partial charge in [0.05, 0.1) is 5.25 Å². The normalized spacial score (nSPS) is 18.8. The van der Waals surface area contributed by atoms with Crippen LogP contribution in [0.3, 0.4) is 0 Å². The Morgan fingerprint density at radius 1 is 1.29 bits per heavy atom. The van der Waals surface area contributed by atoms with Crippen LogP contribution in [0.5, 0.6) is 0 Å². The second-order valence-electron chi connectivity index (χ2n) is 7.01. The maximum Gasteiger partial charge on any atom is 0.242 e. The molecule has 0 aromatic heterocycles. The first-order chi connectivity index (χ1) is 13.2. The van der Waals surface area contributed by atoms with Crippen LogP contribution in [-0.4, -0.2) is 64.4 Å². The number of ketones is 1. The van der Waals surface area contributed by atoms with E-state index in [2.05, 4.69) is 5.32 Å². The molecule has 5 N–H and O–H groups in total. The van der Waals surface area contributed by atoms with Crippen LogP contribution in [0.1, 0.15) is 46.0 Å². The third-order valence-corrected chi connectivity index (χ3v) is 5.85. The minimum Gasteiger partial charge on any atom is -0.368 e. The van der Waals surface area contributed by atoms with Crippen LogP contribution in [0.15, 0.2) is 0 Å². The highest BCUT2D eigenvalue weighted by atomic mass is 32.2. The van der Waals surface area contributed by atoms with Gasteiger partial charge < -0.3 is 16.8 Å². The molecule has 3 atom stereocenters. The summed E-state index contributed by atoms with van der Waals surface area (Å²) < 4.78 is 0. The number of thioether (sulfide) groups is 1. The second kappa shape index (κ2) is 11.8. The van der Waals surface area contributed by atoms with E-state index in [4.69, 9.17) is 11.5 Å². The molecule has 1 saturated heterocycles. The molecule has 9 nitrogen and oxygen atoms in total. The Balaban J connectivity index is 2.55. The molecule has 1 rings (SSSR count). The predicted molar refractivity (Wildman–Crippen MR) is 106 cm³/mol. The summed E-state index contributed by atoms with van der Waals surface area (Å²) in [6.07, 6.45) is 2.43. The van der Waals surface area contributed by atoms with Crippen molar-refractivity contribution in [2.24, 2.45) is 17.4 Å². The number of hydrogen-bond acceptors (Lipinski definition) is 7. The lowest BCUT2D eigenvalue weighted by Crippen LogP contribution is -2.48. The van der Waals surface area contributed by atoms with Gasteiger partial charge in [0.15, 0.2) is 0 Å². The molecule has 1 heterocycles. The predicted octanol–water partition coefficient (Wildman–Crippen LogP) is -0.439. The summed E-state index contributed by atoms with van der Waals surface area (Å²) in [4.78, 5) is 60.4. The van der Waals surface area contributed by atoms with E-state index in [1.165, 1.54) is 6.92 Å². The van der Waals surface area contributed by atoms with Crippen molar-refractivity contribution < 1.29 is 24.0 Å². The molecular formula is C18H30N4O5S. The fourth-order valence-electron chi connectivity index (χ4n) is 2.73. The van der Waals surface area contributed by atoms with E-state index in [1.54, 1.807) is 6.92 Å². The Morgan fingerprint density at radius 2 is 1.96 bits per heavy atom. The number of carbonyl (C=O) groups excluding carboxylic acids is 5. The number of imide groups is 1. The average molecular weight is 415 g/mol. The van der Waals surface area contributed by atoms with Gasteiger partial charge in [-0.15, -0.1) is 11.8 Å². The van der Waals surface area contributed by atoms with Crippen molar-refractivity contribution in [3.63, 3.8) is 0 Å². The maximum absolute atomic E-state index is 12.3. The minimum atomic E-state index is -0.927. The van der Waals surface area contributed by atoms with Gasteiger partial charge in [-0.2, -0.15) is 0 Å². The minimum absolute atomic E-state index is 0.0102. The third-order valence-electron chi connectivity index (χ3n) is 4.55. The monoisotopic (exact) mass is 414 g/mol. The van der Waals surface area contributed by atoms with Crippen LogP contribution >= 0.6 is 11.8 Å². The Hall–Kier alpha value is -1.94. The van der Waals surface area contributed by atoms with Gasteiger partial charge in [0.1, 0.15) is 11.8 Å². The highest BCUT2D eigenvalue weighted by Gasteiger charge is 2.39. The largest absolute Gasteiger partial charge is 0.368 e. The molecule has 0 spiro atoms. The molecule has 4 amide bonds.